The maximum atomic E-state index is 12.0. The number of likely N-dealkylation sites (N-methyl/N-ethyl adjacent to an activating group) is 1. The molecular weight excluding hydrogens is 356 g/mol. The zero-order chi connectivity index (χ0) is 20.3. The van der Waals surface area contributed by atoms with E-state index in [0.717, 1.165) is 48.0 Å². The summed E-state index contributed by atoms with van der Waals surface area (Å²) >= 11 is 0. The Hall–Kier alpha value is -2.86. The van der Waals surface area contributed by atoms with Crippen molar-refractivity contribution in [2.75, 3.05) is 33.9 Å². The van der Waals surface area contributed by atoms with Gasteiger partial charge in [0.15, 0.2) is 0 Å². The fourth-order valence-electron chi connectivity index (χ4n) is 3.62. The molecule has 0 N–H and O–H groups in total. The van der Waals surface area contributed by atoms with Crippen molar-refractivity contribution in [1.82, 2.24) is 9.47 Å². The van der Waals surface area contributed by atoms with Crippen LogP contribution in [-0.2, 0) is 16.0 Å². The molecular formula is C22H26N2O4. The third kappa shape index (κ3) is 3.60. The molecule has 28 heavy (non-hydrogen) atoms. The van der Waals surface area contributed by atoms with Crippen molar-refractivity contribution < 1.29 is 19.1 Å². The van der Waals surface area contributed by atoms with Crippen LogP contribution in [0.4, 0.5) is 0 Å². The van der Waals surface area contributed by atoms with Crippen LogP contribution in [0.15, 0.2) is 36.4 Å². The van der Waals surface area contributed by atoms with E-state index in [0.29, 0.717) is 11.1 Å². The number of fused-ring (bicyclic) bond motifs is 3. The fraction of sp³-hybridized carbons (Fsp3) is 0.364. The smallest absolute Gasteiger partial charge is 0.337 e. The van der Waals surface area contributed by atoms with E-state index in [1.54, 1.807) is 12.1 Å². The highest BCUT2D eigenvalue weighted by Crippen LogP contribution is 2.31. The number of hydrogen-bond acceptors (Lipinski definition) is 5. The number of esters is 2. The van der Waals surface area contributed by atoms with Gasteiger partial charge in [-0.05, 0) is 49.5 Å². The number of aromatic nitrogens is 1. The Morgan fingerprint density at radius 2 is 1.32 bits per heavy atom. The van der Waals surface area contributed by atoms with Crippen LogP contribution in [-0.4, -0.2) is 55.3 Å². The molecule has 1 heterocycles. The number of nitrogens with zero attached hydrogens (tertiary/aromatic N) is 2. The van der Waals surface area contributed by atoms with Gasteiger partial charge < -0.3 is 18.9 Å². The van der Waals surface area contributed by atoms with E-state index < -0.39 is 0 Å². The Morgan fingerprint density at radius 3 is 1.71 bits per heavy atom. The van der Waals surface area contributed by atoms with Gasteiger partial charge in [0.1, 0.15) is 0 Å². The maximum absolute atomic E-state index is 12.0. The van der Waals surface area contributed by atoms with Crippen LogP contribution in [0, 0.1) is 0 Å². The fourth-order valence-corrected chi connectivity index (χ4v) is 3.62. The second-order valence-corrected chi connectivity index (χ2v) is 6.63. The predicted octanol–water partition coefficient (Wildman–Crippen LogP) is 3.71. The van der Waals surface area contributed by atoms with E-state index in [-0.39, 0.29) is 11.9 Å². The van der Waals surface area contributed by atoms with Gasteiger partial charge in [0.2, 0.25) is 0 Å². The highest BCUT2D eigenvalue weighted by atomic mass is 16.5. The van der Waals surface area contributed by atoms with Crippen LogP contribution < -0.4 is 0 Å². The molecule has 3 aromatic rings. The first-order chi connectivity index (χ1) is 13.5. The molecule has 6 nitrogen and oxygen atoms in total. The van der Waals surface area contributed by atoms with Gasteiger partial charge in [-0.3, -0.25) is 0 Å². The number of hydrogen-bond donors (Lipinski definition) is 0. The Morgan fingerprint density at radius 1 is 0.857 bits per heavy atom. The summed E-state index contributed by atoms with van der Waals surface area (Å²) in [5, 5.41) is 1.84. The molecule has 0 fully saturated rings. The summed E-state index contributed by atoms with van der Waals surface area (Å²) in [5.41, 5.74) is 3.02. The molecule has 0 unspecified atom stereocenters. The lowest BCUT2D eigenvalue weighted by atomic mass is 10.1. The number of methoxy groups -OCH3 is 2. The van der Waals surface area contributed by atoms with E-state index in [9.17, 15) is 9.59 Å². The molecule has 1 aromatic heterocycles. The molecule has 2 aromatic carbocycles. The minimum Gasteiger partial charge on any atom is -0.465 e. The Balaban J connectivity index is 2.19. The normalized spacial score (nSPS) is 11.3. The van der Waals surface area contributed by atoms with Gasteiger partial charge in [0, 0.05) is 34.9 Å². The molecule has 0 aliphatic carbocycles. The first-order valence-corrected chi connectivity index (χ1v) is 9.49. The molecule has 3 rings (SSSR count). The minimum absolute atomic E-state index is 0.380. The Labute approximate surface area is 164 Å². The quantitative estimate of drug-likeness (QED) is 0.583. The standard InChI is InChI=1S/C22H26N2O4/c1-5-23(6-2)11-12-24-19-9-7-15(21(25)27-3)13-17(19)18-14-16(22(26)28-4)8-10-20(18)24/h7-10,13-14H,5-6,11-12H2,1-4H3. The second kappa shape index (κ2) is 8.44. The molecule has 0 amide bonds. The molecule has 148 valence electrons. The van der Waals surface area contributed by atoms with Crippen LogP contribution in [0.25, 0.3) is 21.8 Å². The summed E-state index contributed by atoms with van der Waals surface area (Å²) in [4.78, 5) is 26.4. The van der Waals surface area contributed by atoms with E-state index in [1.165, 1.54) is 14.2 Å². The van der Waals surface area contributed by atoms with Crippen LogP contribution >= 0.6 is 0 Å². The van der Waals surface area contributed by atoms with Gasteiger partial charge in [-0.2, -0.15) is 0 Å². The molecule has 0 saturated heterocycles. The van der Waals surface area contributed by atoms with Crippen LogP contribution in [0.5, 0.6) is 0 Å². The van der Waals surface area contributed by atoms with Crippen molar-refractivity contribution in [3.05, 3.63) is 47.5 Å². The molecule has 0 saturated carbocycles. The lowest BCUT2D eigenvalue weighted by molar-refractivity contribution is 0.0592. The zero-order valence-corrected chi connectivity index (χ0v) is 16.8. The number of benzene rings is 2. The van der Waals surface area contributed by atoms with Gasteiger partial charge in [-0.1, -0.05) is 13.8 Å². The number of rotatable bonds is 7. The summed E-state index contributed by atoms with van der Waals surface area (Å²) in [6.45, 7) is 8.03. The molecule has 0 aliphatic heterocycles. The Bertz CT molecular complexity index is 945. The Kier molecular flexibility index (Phi) is 5.99. The average Bonchev–Trinajstić information content (AvgIpc) is 3.05. The summed E-state index contributed by atoms with van der Waals surface area (Å²) in [6.07, 6.45) is 0. The summed E-state index contributed by atoms with van der Waals surface area (Å²) < 4.78 is 12.0. The molecule has 0 atom stereocenters. The van der Waals surface area contributed by atoms with Crippen LogP contribution in [0.3, 0.4) is 0 Å². The average molecular weight is 382 g/mol. The molecule has 6 heteroatoms. The van der Waals surface area contributed by atoms with Crippen molar-refractivity contribution >= 4 is 33.7 Å². The highest BCUT2D eigenvalue weighted by Gasteiger charge is 2.16. The van der Waals surface area contributed by atoms with E-state index in [1.807, 2.05) is 24.3 Å². The monoisotopic (exact) mass is 382 g/mol. The largest absolute Gasteiger partial charge is 0.465 e. The SMILES string of the molecule is CCN(CC)CCn1c2ccc(C(=O)OC)cc2c2cc(C(=O)OC)ccc21. The van der Waals surface area contributed by atoms with Crippen LogP contribution in [0.1, 0.15) is 34.6 Å². The predicted molar refractivity (Wildman–Crippen MR) is 110 cm³/mol. The second-order valence-electron chi connectivity index (χ2n) is 6.63. The maximum Gasteiger partial charge on any atom is 0.337 e. The van der Waals surface area contributed by atoms with E-state index >= 15 is 0 Å². The topological polar surface area (TPSA) is 60.8 Å². The first kappa shape index (κ1) is 19.9. The number of carbonyl (C=O) groups is 2. The van der Waals surface area contributed by atoms with Gasteiger partial charge in [-0.25, -0.2) is 9.59 Å². The van der Waals surface area contributed by atoms with Crippen LogP contribution in [0.2, 0.25) is 0 Å². The number of carbonyl (C=O) groups excluding carboxylic acids is 2. The van der Waals surface area contributed by atoms with Crippen molar-refractivity contribution in [2.45, 2.75) is 20.4 Å². The van der Waals surface area contributed by atoms with E-state index in [2.05, 4.69) is 23.3 Å². The van der Waals surface area contributed by atoms with Crippen molar-refractivity contribution in [3.63, 3.8) is 0 Å². The summed E-state index contributed by atoms with van der Waals surface area (Å²) in [7, 11) is 2.74. The third-order valence-corrected chi connectivity index (χ3v) is 5.24. The molecule has 0 radical (unpaired) electrons. The third-order valence-electron chi connectivity index (χ3n) is 5.24. The lowest BCUT2D eigenvalue weighted by Gasteiger charge is -2.19. The van der Waals surface area contributed by atoms with Gasteiger partial charge in [0.25, 0.3) is 0 Å². The zero-order valence-electron chi connectivity index (χ0n) is 16.8. The van der Waals surface area contributed by atoms with E-state index in [4.69, 9.17) is 9.47 Å². The highest BCUT2D eigenvalue weighted by molar-refractivity contribution is 6.12. The summed E-state index contributed by atoms with van der Waals surface area (Å²) in [5.74, 6) is -0.759. The minimum atomic E-state index is -0.380. The van der Waals surface area contributed by atoms with Crippen molar-refractivity contribution in [2.24, 2.45) is 0 Å². The molecule has 0 spiro atoms. The van der Waals surface area contributed by atoms with Gasteiger partial charge >= 0.3 is 11.9 Å². The number of ether oxygens (including phenoxy) is 2. The van der Waals surface area contributed by atoms with Gasteiger partial charge in [-0.15, -0.1) is 0 Å². The van der Waals surface area contributed by atoms with Crippen molar-refractivity contribution in [1.29, 1.82) is 0 Å². The van der Waals surface area contributed by atoms with Crippen molar-refractivity contribution in [3.8, 4) is 0 Å². The molecule has 0 aliphatic rings. The lowest BCUT2D eigenvalue weighted by Crippen LogP contribution is -2.26. The summed E-state index contributed by atoms with van der Waals surface area (Å²) in [6, 6.07) is 11.1. The molecule has 0 bridgehead atoms. The van der Waals surface area contributed by atoms with Gasteiger partial charge in [0.05, 0.1) is 25.3 Å². The first-order valence-electron chi connectivity index (χ1n) is 9.49.